The summed E-state index contributed by atoms with van der Waals surface area (Å²) >= 11 is 0. The Morgan fingerprint density at radius 1 is 0.287 bits per heavy atom. The molecule has 0 aliphatic carbocycles. The molecule has 6 aliphatic heterocycles. The van der Waals surface area contributed by atoms with Gasteiger partial charge in [0.2, 0.25) is 70.4 Å². The van der Waals surface area contributed by atoms with Crippen molar-refractivity contribution in [3.8, 4) is 0 Å². The lowest BCUT2D eigenvalue weighted by Gasteiger charge is -2.26. The number of hydrogen-bond acceptors (Lipinski definition) is 47. The van der Waals surface area contributed by atoms with Crippen LogP contribution in [0.15, 0.2) is 103 Å². The zero-order valence-electron chi connectivity index (χ0n) is 65.4. The molecule has 0 radical (unpaired) electrons. The first kappa shape index (κ1) is 88.8. The van der Waals surface area contributed by atoms with E-state index in [2.05, 4.69) is 59.8 Å². The van der Waals surface area contributed by atoms with Crippen molar-refractivity contribution < 1.29 is 131 Å². The summed E-state index contributed by atoms with van der Waals surface area (Å²) in [4.78, 5) is 181. The molecule has 6 fully saturated rings. The number of phosphoric ester groups is 5. The molecule has 23 atom stereocenters. The first-order valence-electron chi connectivity index (χ1n) is 38.1. The molecule has 0 spiro atoms. The minimum atomic E-state index is -5.68. The molecule has 0 saturated carbocycles. The third kappa shape index (κ3) is 18.2. The summed E-state index contributed by atoms with van der Waals surface area (Å²) in [6.07, 6.45) is -14.0. The predicted octanol–water partition coefficient (Wildman–Crippen LogP) is -5.50. The summed E-state index contributed by atoms with van der Waals surface area (Å²) in [5, 5.41) is 21.4. The maximum absolute atomic E-state index is 14.7. The van der Waals surface area contributed by atoms with Gasteiger partial charge in [-0.1, -0.05) is 0 Å². The van der Waals surface area contributed by atoms with Crippen molar-refractivity contribution in [1.82, 2.24) is 114 Å². The Bertz CT molecular complexity index is 7010. The second kappa shape index (κ2) is 34.1. The number of anilines is 6. The van der Waals surface area contributed by atoms with E-state index in [9.17, 15) is 86.3 Å². The average molecular weight is 1910 g/mol. The lowest BCUT2D eigenvalue weighted by molar-refractivity contribution is -0.0638. The van der Waals surface area contributed by atoms with Crippen LogP contribution in [0.1, 0.15) is 75.9 Å². The summed E-state index contributed by atoms with van der Waals surface area (Å²) in [5.41, 5.74) is 29.7. The third-order valence-corrected chi connectivity index (χ3v) is 26.3. The second-order valence-corrected chi connectivity index (χ2v) is 36.4. The number of rotatable bonds is 32. The van der Waals surface area contributed by atoms with E-state index in [1.54, 1.807) is 0 Å². The molecule has 18 heterocycles. The molecule has 0 aromatic carbocycles. The van der Waals surface area contributed by atoms with E-state index in [0.29, 0.717) is 0 Å². The average Bonchev–Trinajstić information content (AvgIpc) is 1.65. The van der Waals surface area contributed by atoms with Crippen molar-refractivity contribution in [1.29, 1.82) is 0 Å². The van der Waals surface area contributed by atoms with E-state index in [1.165, 1.54) is 102 Å². The fraction of sp³-hybridized carbons (Fsp3) is 0.500. The quantitative estimate of drug-likeness (QED) is 0.0175. The van der Waals surface area contributed by atoms with Gasteiger partial charge in [-0.05, 0) is 0 Å². The highest BCUT2D eigenvalue weighted by atomic mass is 31.2. The molecule has 0 bridgehead atoms. The Morgan fingerprint density at radius 3 is 0.674 bits per heavy atom. The molecule has 6 saturated heterocycles. The van der Waals surface area contributed by atoms with Crippen LogP contribution in [-0.2, 0) is 96.5 Å². The van der Waals surface area contributed by atoms with Crippen LogP contribution in [-0.4, -0.2) is 261 Å². The van der Waals surface area contributed by atoms with E-state index in [4.69, 9.17) is 108 Å². The second-order valence-electron chi connectivity index (χ2n) is 29.4. The number of hydrogen-bond donors (Lipinski definition) is 13. The highest BCUT2D eigenvalue weighted by molar-refractivity contribution is 7.48. The number of ether oxygens (including phenoxy) is 6. The minimum Gasteiger partial charge on any atom is -0.394 e. The maximum atomic E-state index is 14.7. The van der Waals surface area contributed by atoms with Gasteiger partial charge >= 0.3 is 73.3 Å². The van der Waals surface area contributed by atoms with Crippen molar-refractivity contribution in [2.75, 3.05) is 74.0 Å². The smallest absolute Gasteiger partial charge is 0.394 e. The number of nitrogens with zero attached hydrogens (tertiary/aromatic N) is 24. The maximum Gasteiger partial charge on any atom is 0.472 e. The van der Waals surface area contributed by atoms with Gasteiger partial charge in [-0.2, -0.15) is 59.8 Å². The van der Waals surface area contributed by atoms with Crippen molar-refractivity contribution in [2.45, 2.75) is 149 Å². The number of fused-ring (bicyclic) bond motifs is 6. The van der Waals surface area contributed by atoms with Gasteiger partial charge in [0.05, 0.1) is 45.7 Å². The SMILES string of the molecule is Nc1nc(=O)n2ccn([C@H]3C[C@H](OP(=O)(O)OC[C@H]4O[C@@H](n5ccn6c(=O)nc(N)nc56)C[C@@H]4OP(=O)(O)OC[C@H]4O[C@@H](n5ccn6c(=O)nc(N)nc56)C[C@@H]4OP(=O)(O)OC[C@H]4O[C@@H](n5ccn6c(=O)nc(N)nc56)C[C@@H]4OP(=O)(O)OC[C@H]4O[C@@H](n5ccn6c(=O)nc(N)nc56)C[C@@H]4OP(=O)(O)OC[C@H]4O[C@@H](n5ccn6c(=O)nc(N)nc56)C[C@@H]4O)[C@@H](CO)O3)c2n1. The molecular formula is C60H73N30O34P5. The van der Waals surface area contributed by atoms with Gasteiger partial charge in [0.15, 0.2) is 0 Å². The van der Waals surface area contributed by atoms with Crippen molar-refractivity contribution in [3.63, 3.8) is 0 Å². The minimum absolute atomic E-state index is 0.0137. The van der Waals surface area contributed by atoms with Gasteiger partial charge in [-0.25, -0.2) is 78.0 Å². The number of aliphatic hydroxyl groups excluding tert-OH is 2. The molecule has 64 nitrogen and oxygen atoms in total. The molecule has 5 unspecified atom stereocenters. The van der Waals surface area contributed by atoms with Crippen LogP contribution in [0.5, 0.6) is 0 Å². The van der Waals surface area contributed by atoms with Crippen LogP contribution in [0.25, 0.3) is 34.7 Å². The summed E-state index contributed by atoms with van der Waals surface area (Å²) < 4.78 is 178. The van der Waals surface area contributed by atoms with E-state index < -0.39 is 273 Å². The van der Waals surface area contributed by atoms with Gasteiger partial charge in [0.25, 0.3) is 0 Å². The van der Waals surface area contributed by atoms with Crippen molar-refractivity contribution in [2.24, 2.45) is 0 Å². The number of aromatic nitrogens is 24. The van der Waals surface area contributed by atoms with Crippen molar-refractivity contribution in [3.05, 3.63) is 137 Å². The third-order valence-electron chi connectivity index (χ3n) is 21.2. The van der Waals surface area contributed by atoms with Crippen LogP contribution < -0.4 is 68.5 Å². The molecule has 6 aliphatic rings. The summed E-state index contributed by atoms with van der Waals surface area (Å²) in [6.45, 7) is -5.92. The summed E-state index contributed by atoms with van der Waals surface area (Å²) in [5.74, 6) is -3.54. The molecule has 0 amide bonds. The van der Waals surface area contributed by atoms with Gasteiger partial charge in [0.1, 0.15) is 105 Å². The first-order chi connectivity index (χ1) is 61.2. The fourth-order valence-electron chi connectivity index (χ4n) is 15.5. The van der Waals surface area contributed by atoms with Crippen LogP contribution in [0.4, 0.5) is 35.7 Å². The van der Waals surface area contributed by atoms with Crippen LogP contribution in [0.3, 0.4) is 0 Å². The molecule has 129 heavy (non-hydrogen) atoms. The number of nitrogen functional groups attached to an aromatic ring is 6. The molecule has 692 valence electrons. The predicted molar refractivity (Wildman–Crippen MR) is 417 cm³/mol. The highest BCUT2D eigenvalue weighted by Crippen LogP contribution is 2.57. The summed E-state index contributed by atoms with van der Waals surface area (Å²) in [6, 6.07) is 0. The fourth-order valence-corrected chi connectivity index (χ4v) is 20.3. The van der Waals surface area contributed by atoms with E-state index in [-0.39, 0.29) is 59.4 Å². The lowest BCUT2D eigenvalue weighted by Crippen LogP contribution is -2.32. The Kier molecular flexibility index (Phi) is 23.5. The number of imidazole rings is 6. The lowest BCUT2D eigenvalue weighted by atomic mass is 10.2. The standard InChI is InChI=1S/C60H73N30O34P5/c61-43-67-49-79(1-7-85(49)55(93)73-43)37-13-25(92)32(115-37)20-109-125(99,100)121-27-15-39(81-3-9-87-51(81)69-45(63)75-57(87)95)117-34(27)22-111-127(103,104)123-29-17-41(83-5-11-89-53(83)71-47(65)77-59(89)97)119-36(29)24-113-129(107,108)124-30-18-42(84-6-12-90-54(84)72-48(66)78-60(90)98)118-35(30)23-112-128(105,106)122-28-16-40(82-4-10-88-52(82)70-46(64)76-58(88)96)116-33(28)21-110-126(101,102)120-26-14-38(114-31(26)19-91)80-2-8-86-50(80)68-44(62)74-56(86)94/h1-12,25-42,91-92H,13-24H2,(H,99,100)(H,101,102)(H,103,104)(H,105,106)(H,107,108)(H2,61,73,93)(H2,62,74,94)(H2,63,75,95)(H2,64,76,96)(H2,65,77,97)(H2,66,78,98)/t25-,26-,27-,28-,29-,30-,31+,32+,33+,34+,35+,36+,37+,38+,39+,40+,41+,42+/m0/s1. The normalized spacial score (nSPS) is 28.6. The van der Waals surface area contributed by atoms with Gasteiger partial charge in [-0.3, -0.25) is 72.6 Å². The van der Waals surface area contributed by atoms with E-state index in [0.717, 1.165) is 26.4 Å². The van der Waals surface area contributed by atoms with E-state index in [1.807, 2.05) is 0 Å². The zero-order chi connectivity index (χ0) is 91.0. The number of aliphatic hydroxyl groups is 2. The summed E-state index contributed by atoms with van der Waals surface area (Å²) in [7, 11) is -27.6. The van der Waals surface area contributed by atoms with Crippen LogP contribution in [0.2, 0.25) is 0 Å². The van der Waals surface area contributed by atoms with Gasteiger partial charge in [-0.15, -0.1) is 0 Å². The number of phosphoric acid groups is 5. The zero-order valence-corrected chi connectivity index (χ0v) is 69.9. The monoisotopic (exact) mass is 1910 g/mol. The largest absolute Gasteiger partial charge is 0.472 e. The molecule has 18 rings (SSSR count). The first-order valence-corrected chi connectivity index (χ1v) is 45.6. The van der Waals surface area contributed by atoms with Crippen molar-refractivity contribution >= 4 is 109 Å². The Labute approximate surface area is 712 Å². The molecule has 12 aromatic heterocycles. The van der Waals surface area contributed by atoms with Crippen LogP contribution in [0, 0.1) is 0 Å². The Morgan fingerprint density at radius 2 is 0.465 bits per heavy atom. The van der Waals surface area contributed by atoms with Gasteiger partial charge in [0, 0.05) is 113 Å². The van der Waals surface area contributed by atoms with Crippen LogP contribution >= 0.6 is 39.1 Å². The molecule has 12 aromatic rings. The van der Waals surface area contributed by atoms with Gasteiger partial charge < -0.3 is 97.5 Å². The Balaban J connectivity index is 0.573. The Hall–Kier alpha value is -10.9. The molecule has 69 heteroatoms. The van der Waals surface area contributed by atoms with E-state index >= 15 is 0 Å². The molecule has 19 N–H and O–H groups in total. The molecular weight excluding hydrogens is 1840 g/mol. The number of nitrogens with two attached hydrogens (primary N) is 6. The topological polar surface area (TPSA) is 844 Å². The highest BCUT2D eigenvalue weighted by Gasteiger charge is 2.52.